The van der Waals surface area contributed by atoms with E-state index in [4.69, 9.17) is 4.74 Å². The second kappa shape index (κ2) is 7.84. The van der Waals surface area contributed by atoms with Gasteiger partial charge in [-0.3, -0.25) is 9.59 Å². The molecule has 0 aliphatic heterocycles. The van der Waals surface area contributed by atoms with Crippen molar-refractivity contribution in [2.24, 2.45) is 0 Å². The molecule has 2 aromatic carbocycles. The van der Waals surface area contributed by atoms with Crippen molar-refractivity contribution in [3.05, 3.63) is 54.1 Å². The molecule has 0 bridgehead atoms. The molecule has 0 heterocycles. The van der Waals surface area contributed by atoms with Crippen LogP contribution < -0.4 is 15.4 Å². The summed E-state index contributed by atoms with van der Waals surface area (Å²) in [6, 6.07) is 13.5. The first-order valence-electron chi connectivity index (χ1n) is 7.10. The number of methoxy groups -OCH3 is 1. The third kappa shape index (κ3) is 4.74. The molecule has 23 heavy (non-hydrogen) atoms. The van der Waals surface area contributed by atoms with E-state index in [-0.39, 0.29) is 5.75 Å². The minimum absolute atomic E-state index is 0.189. The molecule has 0 fully saturated rings. The molecule has 0 aromatic heterocycles. The number of aromatic hydroxyl groups is 1. The van der Waals surface area contributed by atoms with Gasteiger partial charge in [-0.1, -0.05) is 24.3 Å². The second-order valence-corrected chi connectivity index (χ2v) is 4.83. The van der Waals surface area contributed by atoms with E-state index in [0.717, 1.165) is 5.56 Å². The molecule has 120 valence electrons. The summed E-state index contributed by atoms with van der Waals surface area (Å²) in [6.45, 7) is 0.322. The fourth-order valence-corrected chi connectivity index (χ4v) is 1.99. The maximum atomic E-state index is 11.9. The summed E-state index contributed by atoms with van der Waals surface area (Å²) in [7, 11) is 1.49. The van der Waals surface area contributed by atoms with Crippen LogP contribution in [0.2, 0.25) is 0 Å². The number of anilines is 1. The van der Waals surface area contributed by atoms with Crippen molar-refractivity contribution in [2.45, 2.75) is 6.42 Å². The minimum Gasteiger partial charge on any atom is -0.508 e. The molecular formula is C17H18N2O4. The van der Waals surface area contributed by atoms with E-state index in [1.54, 1.807) is 48.5 Å². The topological polar surface area (TPSA) is 87.7 Å². The lowest BCUT2D eigenvalue weighted by atomic mass is 10.1. The number of ether oxygens (including phenoxy) is 1. The van der Waals surface area contributed by atoms with Gasteiger partial charge in [-0.15, -0.1) is 0 Å². The first-order valence-corrected chi connectivity index (χ1v) is 7.10. The Labute approximate surface area is 134 Å². The number of para-hydroxylation sites is 2. The van der Waals surface area contributed by atoms with Gasteiger partial charge in [0.2, 0.25) is 0 Å². The fraction of sp³-hybridized carbons (Fsp3) is 0.176. The Morgan fingerprint density at radius 3 is 2.43 bits per heavy atom. The molecule has 0 saturated carbocycles. The number of carbonyl (C=O) groups excluding carboxylic acids is 2. The maximum absolute atomic E-state index is 11.9. The number of benzene rings is 2. The van der Waals surface area contributed by atoms with Gasteiger partial charge in [-0.05, 0) is 36.2 Å². The number of amides is 2. The van der Waals surface area contributed by atoms with Crippen molar-refractivity contribution < 1.29 is 19.4 Å². The predicted octanol–water partition coefficient (Wildman–Crippen LogP) is 1.70. The average molecular weight is 314 g/mol. The van der Waals surface area contributed by atoms with Crippen molar-refractivity contribution in [2.75, 3.05) is 19.0 Å². The molecular weight excluding hydrogens is 296 g/mol. The summed E-state index contributed by atoms with van der Waals surface area (Å²) in [5, 5.41) is 14.3. The molecule has 2 amide bonds. The highest BCUT2D eigenvalue weighted by Gasteiger charge is 2.14. The van der Waals surface area contributed by atoms with E-state index in [9.17, 15) is 14.7 Å². The number of rotatable bonds is 5. The van der Waals surface area contributed by atoms with E-state index in [0.29, 0.717) is 24.4 Å². The number of phenols is 1. The van der Waals surface area contributed by atoms with Gasteiger partial charge in [0.25, 0.3) is 0 Å². The van der Waals surface area contributed by atoms with Crippen LogP contribution in [0.1, 0.15) is 5.56 Å². The zero-order valence-electron chi connectivity index (χ0n) is 12.7. The molecule has 6 nitrogen and oxygen atoms in total. The Bertz CT molecular complexity index is 683. The van der Waals surface area contributed by atoms with Crippen molar-refractivity contribution in [3.63, 3.8) is 0 Å². The van der Waals surface area contributed by atoms with Gasteiger partial charge >= 0.3 is 11.8 Å². The van der Waals surface area contributed by atoms with Crippen LogP contribution in [0.5, 0.6) is 11.5 Å². The van der Waals surface area contributed by atoms with Crippen LogP contribution in [-0.4, -0.2) is 30.6 Å². The van der Waals surface area contributed by atoms with Gasteiger partial charge in [0.15, 0.2) is 0 Å². The van der Waals surface area contributed by atoms with Crippen LogP contribution in [0.3, 0.4) is 0 Å². The molecule has 3 N–H and O–H groups in total. The lowest BCUT2D eigenvalue weighted by molar-refractivity contribution is -0.136. The standard InChI is InChI=1S/C17H18N2O4/c1-23-15-5-3-2-4-14(15)19-17(22)16(21)18-11-10-12-6-8-13(20)9-7-12/h2-9,20H,10-11H2,1H3,(H,18,21)(H,19,22). The predicted molar refractivity (Wildman–Crippen MR) is 86.4 cm³/mol. The van der Waals surface area contributed by atoms with Crippen LogP contribution in [0.4, 0.5) is 5.69 Å². The average Bonchev–Trinajstić information content (AvgIpc) is 2.57. The SMILES string of the molecule is COc1ccccc1NC(=O)C(=O)NCCc1ccc(O)cc1. The highest BCUT2D eigenvalue weighted by molar-refractivity contribution is 6.39. The summed E-state index contributed by atoms with van der Waals surface area (Å²) in [6.07, 6.45) is 0.563. The zero-order valence-corrected chi connectivity index (χ0v) is 12.7. The third-order valence-electron chi connectivity index (χ3n) is 3.20. The van der Waals surface area contributed by atoms with Crippen LogP contribution in [0.25, 0.3) is 0 Å². The van der Waals surface area contributed by atoms with Gasteiger partial charge in [-0.2, -0.15) is 0 Å². The normalized spacial score (nSPS) is 9.96. The van der Waals surface area contributed by atoms with Gasteiger partial charge < -0.3 is 20.5 Å². The van der Waals surface area contributed by atoms with Crippen molar-refractivity contribution in [3.8, 4) is 11.5 Å². The van der Waals surface area contributed by atoms with Crippen LogP contribution in [-0.2, 0) is 16.0 Å². The Balaban J connectivity index is 1.83. The Kier molecular flexibility index (Phi) is 5.57. The molecule has 0 radical (unpaired) electrons. The molecule has 0 atom stereocenters. The van der Waals surface area contributed by atoms with Gasteiger partial charge in [0.05, 0.1) is 12.8 Å². The summed E-state index contributed by atoms with van der Waals surface area (Å²) in [5.41, 5.74) is 1.39. The van der Waals surface area contributed by atoms with Crippen LogP contribution in [0.15, 0.2) is 48.5 Å². The van der Waals surface area contributed by atoms with Gasteiger partial charge in [-0.25, -0.2) is 0 Å². The number of hydrogen-bond donors (Lipinski definition) is 3. The Hall–Kier alpha value is -3.02. The molecule has 0 spiro atoms. The molecule has 6 heteroatoms. The van der Waals surface area contributed by atoms with E-state index in [2.05, 4.69) is 10.6 Å². The molecule has 0 aliphatic rings. The number of hydrogen-bond acceptors (Lipinski definition) is 4. The highest BCUT2D eigenvalue weighted by atomic mass is 16.5. The Morgan fingerprint density at radius 1 is 1.04 bits per heavy atom. The first-order chi connectivity index (χ1) is 11.1. The van der Waals surface area contributed by atoms with Crippen LogP contribution in [0, 0.1) is 0 Å². The molecule has 0 aliphatic carbocycles. The number of nitrogens with one attached hydrogen (secondary N) is 2. The van der Waals surface area contributed by atoms with Gasteiger partial charge in [0, 0.05) is 6.54 Å². The van der Waals surface area contributed by atoms with E-state index < -0.39 is 11.8 Å². The quantitative estimate of drug-likeness (QED) is 0.733. The van der Waals surface area contributed by atoms with Crippen molar-refractivity contribution in [1.82, 2.24) is 5.32 Å². The highest BCUT2D eigenvalue weighted by Crippen LogP contribution is 2.22. The number of carbonyl (C=O) groups is 2. The molecule has 2 rings (SSSR count). The lowest BCUT2D eigenvalue weighted by Gasteiger charge is -2.10. The van der Waals surface area contributed by atoms with E-state index in [1.165, 1.54) is 7.11 Å². The summed E-state index contributed by atoms with van der Waals surface area (Å²) >= 11 is 0. The van der Waals surface area contributed by atoms with Crippen molar-refractivity contribution in [1.29, 1.82) is 0 Å². The smallest absolute Gasteiger partial charge is 0.313 e. The monoisotopic (exact) mass is 314 g/mol. The zero-order chi connectivity index (χ0) is 16.7. The summed E-state index contributed by atoms with van der Waals surface area (Å²) in [5.74, 6) is -0.790. The molecule has 0 unspecified atom stereocenters. The van der Waals surface area contributed by atoms with Gasteiger partial charge in [0.1, 0.15) is 11.5 Å². The van der Waals surface area contributed by atoms with Crippen LogP contribution >= 0.6 is 0 Å². The molecule has 0 saturated heterocycles. The first kappa shape index (κ1) is 16.4. The Morgan fingerprint density at radius 2 is 1.74 bits per heavy atom. The van der Waals surface area contributed by atoms with Crippen molar-refractivity contribution >= 4 is 17.5 Å². The number of phenolic OH excluding ortho intramolecular Hbond substituents is 1. The molecule has 2 aromatic rings. The summed E-state index contributed by atoms with van der Waals surface area (Å²) in [4.78, 5) is 23.6. The lowest BCUT2D eigenvalue weighted by Crippen LogP contribution is -2.36. The van der Waals surface area contributed by atoms with E-state index >= 15 is 0 Å². The maximum Gasteiger partial charge on any atom is 0.313 e. The third-order valence-corrected chi connectivity index (χ3v) is 3.20. The minimum atomic E-state index is -0.750. The summed E-state index contributed by atoms with van der Waals surface area (Å²) < 4.78 is 5.11. The fourth-order valence-electron chi connectivity index (χ4n) is 1.99. The van der Waals surface area contributed by atoms with E-state index in [1.807, 2.05) is 0 Å². The largest absolute Gasteiger partial charge is 0.508 e. The second-order valence-electron chi connectivity index (χ2n) is 4.83.